The summed E-state index contributed by atoms with van der Waals surface area (Å²) in [6.07, 6.45) is 2.62. The molecule has 74 valence electrons. The molecule has 0 aliphatic heterocycles. The number of carbonyl (C=O) groups is 1. The van der Waals surface area contributed by atoms with Crippen molar-refractivity contribution in [1.29, 1.82) is 0 Å². The van der Waals surface area contributed by atoms with E-state index in [4.69, 9.17) is 0 Å². The van der Waals surface area contributed by atoms with Gasteiger partial charge in [-0.1, -0.05) is 18.2 Å². The van der Waals surface area contributed by atoms with Gasteiger partial charge >= 0.3 is 0 Å². The predicted molar refractivity (Wildman–Crippen MR) is 59.8 cm³/mol. The first-order chi connectivity index (χ1) is 7.29. The van der Waals surface area contributed by atoms with Crippen LogP contribution in [0.2, 0.25) is 0 Å². The molecule has 0 amide bonds. The number of hydrogen-bond donors (Lipinski definition) is 0. The summed E-state index contributed by atoms with van der Waals surface area (Å²) in [6.45, 7) is 2.02. The Balaban J connectivity index is 2.49. The fourth-order valence-electron chi connectivity index (χ4n) is 1.47. The first-order valence-corrected chi connectivity index (χ1v) is 4.78. The molecule has 15 heavy (non-hydrogen) atoms. The summed E-state index contributed by atoms with van der Waals surface area (Å²) in [5.74, 6) is 0. The van der Waals surface area contributed by atoms with E-state index in [2.05, 4.69) is 4.98 Å². The summed E-state index contributed by atoms with van der Waals surface area (Å²) in [5, 5.41) is 0. The lowest BCUT2D eigenvalue weighted by Crippen LogP contribution is -1.86. The monoisotopic (exact) mass is 197 g/mol. The molecule has 0 aliphatic carbocycles. The fraction of sp³-hybridized carbons (Fsp3) is 0.0769. The van der Waals surface area contributed by atoms with Crippen LogP contribution in [0.5, 0.6) is 0 Å². The second kappa shape index (κ2) is 4.05. The van der Waals surface area contributed by atoms with Crippen LogP contribution in [-0.2, 0) is 0 Å². The summed E-state index contributed by atoms with van der Waals surface area (Å²) < 4.78 is 0. The van der Waals surface area contributed by atoms with Gasteiger partial charge in [0.2, 0.25) is 0 Å². The summed E-state index contributed by atoms with van der Waals surface area (Å²) >= 11 is 0. The van der Waals surface area contributed by atoms with E-state index >= 15 is 0 Å². The Labute approximate surface area is 88.6 Å². The maximum absolute atomic E-state index is 10.6. The lowest BCUT2D eigenvalue weighted by molar-refractivity contribution is 0.112. The van der Waals surface area contributed by atoms with Gasteiger partial charge in [-0.05, 0) is 30.7 Å². The van der Waals surface area contributed by atoms with Crippen molar-refractivity contribution >= 4 is 6.29 Å². The summed E-state index contributed by atoms with van der Waals surface area (Å²) in [5.41, 5.74) is 3.72. The Morgan fingerprint density at radius 3 is 2.80 bits per heavy atom. The molecular weight excluding hydrogens is 186 g/mol. The Hall–Kier alpha value is -1.96. The molecule has 1 aromatic carbocycles. The molecule has 2 nitrogen and oxygen atoms in total. The van der Waals surface area contributed by atoms with E-state index in [1.165, 1.54) is 0 Å². The Kier molecular flexibility index (Phi) is 2.59. The minimum Gasteiger partial charge on any atom is -0.298 e. The standard InChI is InChI=1S/C13H11NO/c1-10-5-6-14-13(7-10)12-4-2-3-11(8-12)9-15/h2-9H,1H3. The van der Waals surface area contributed by atoms with Crippen LogP contribution in [0.25, 0.3) is 11.3 Å². The van der Waals surface area contributed by atoms with Crippen LogP contribution in [0.15, 0.2) is 42.6 Å². The molecule has 1 heterocycles. The molecule has 2 heteroatoms. The molecule has 0 aliphatic rings. The highest BCUT2D eigenvalue weighted by Crippen LogP contribution is 2.18. The van der Waals surface area contributed by atoms with Gasteiger partial charge in [-0.25, -0.2) is 0 Å². The Morgan fingerprint density at radius 2 is 2.07 bits per heavy atom. The van der Waals surface area contributed by atoms with E-state index in [1.807, 2.05) is 37.3 Å². The van der Waals surface area contributed by atoms with Gasteiger partial charge in [0, 0.05) is 17.3 Å². The first-order valence-electron chi connectivity index (χ1n) is 4.78. The minimum atomic E-state index is 0.677. The summed E-state index contributed by atoms with van der Waals surface area (Å²) in [6, 6.07) is 11.4. The summed E-state index contributed by atoms with van der Waals surface area (Å²) in [7, 11) is 0. The third kappa shape index (κ3) is 2.10. The SMILES string of the molecule is Cc1ccnc(-c2cccc(C=O)c2)c1. The number of hydrogen-bond acceptors (Lipinski definition) is 2. The van der Waals surface area contributed by atoms with Crippen LogP contribution < -0.4 is 0 Å². The second-order valence-corrected chi connectivity index (χ2v) is 3.46. The molecule has 0 saturated carbocycles. The zero-order valence-corrected chi connectivity index (χ0v) is 8.47. The van der Waals surface area contributed by atoms with Crippen LogP contribution >= 0.6 is 0 Å². The fourth-order valence-corrected chi connectivity index (χ4v) is 1.47. The number of pyridine rings is 1. The molecule has 0 fully saturated rings. The van der Waals surface area contributed by atoms with Crippen LogP contribution in [0.1, 0.15) is 15.9 Å². The van der Waals surface area contributed by atoms with Gasteiger partial charge in [-0.15, -0.1) is 0 Å². The Bertz CT molecular complexity index is 491. The van der Waals surface area contributed by atoms with E-state index in [0.717, 1.165) is 23.1 Å². The van der Waals surface area contributed by atoms with Crippen molar-refractivity contribution in [2.45, 2.75) is 6.92 Å². The van der Waals surface area contributed by atoms with Crippen LogP contribution in [0, 0.1) is 6.92 Å². The molecule has 0 atom stereocenters. The smallest absolute Gasteiger partial charge is 0.150 e. The molecule has 0 N–H and O–H groups in total. The van der Waals surface area contributed by atoms with Crippen molar-refractivity contribution in [2.75, 3.05) is 0 Å². The molecule has 2 rings (SSSR count). The zero-order chi connectivity index (χ0) is 10.7. The van der Waals surface area contributed by atoms with Crippen molar-refractivity contribution in [2.24, 2.45) is 0 Å². The van der Waals surface area contributed by atoms with Gasteiger partial charge in [-0.2, -0.15) is 0 Å². The lowest BCUT2D eigenvalue weighted by atomic mass is 10.1. The summed E-state index contributed by atoms with van der Waals surface area (Å²) in [4.78, 5) is 14.9. The van der Waals surface area contributed by atoms with Crippen molar-refractivity contribution in [3.63, 3.8) is 0 Å². The topological polar surface area (TPSA) is 30.0 Å². The predicted octanol–water partition coefficient (Wildman–Crippen LogP) is 2.87. The van der Waals surface area contributed by atoms with Crippen LogP contribution in [0.3, 0.4) is 0 Å². The third-order valence-corrected chi connectivity index (χ3v) is 2.23. The highest BCUT2D eigenvalue weighted by molar-refractivity contribution is 5.78. The Morgan fingerprint density at radius 1 is 1.20 bits per heavy atom. The molecular formula is C13H11NO. The second-order valence-electron chi connectivity index (χ2n) is 3.46. The van der Waals surface area contributed by atoms with E-state index in [1.54, 1.807) is 12.3 Å². The van der Waals surface area contributed by atoms with E-state index < -0.39 is 0 Å². The van der Waals surface area contributed by atoms with Crippen LogP contribution in [-0.4, -0.2) is 11.3 Å². The van der Waals surface area contributed by atoms with Gasteiger partial charge in [0.25, 0.3) is 0 Å². The van der Waals surface area contributed by atoms with Gasteiger partial charge in [-0.3, -0.25) is 9.78 Å². The van der Waals surface area contributed by atoms with E-state index in [0.29, 0.717) is 5.56 Å². The largest absolute Gasteiger partial charge is 0.298 e. The minimum absolute atomic E-state index is 0.677. The quantitative estimate of drug-likeness (QED) is 0.693. The maximum atomic E-state index is 10.6. The van der Waals surface area contributed by atoms with Crippen molar-refractivity contribution < 1.29 is 4.79 Å². The number of rotatable bonds is 2. The third-order valence-electron chi connectivity index (χ3n) is 2.23. The molecule has 0 radical (unpaired) electrons. The normalized spacial score (nSPS) is 9.93. The number of benzene rings is 1. The average molecular weight is 197 g/mol. The maximum Gasteiger partial charge on any atom is 0.150 e. The molecule has 2 aromatic rings. The number of aromatic nitrogens is 1. The average Bonchev–Trinajstić information content (AvgIpc) is 2.29. The number of aldehydes is 1. The number of nitrogens with zero attached hydrogens (tertiary/aromatic N) is 1. The number of aryl methyl sites for hydroxylation is 1. The molecule has 0 saturated heterocycles. The highest BCUT2D eigenvalue weighted by Gasteiger charge is 1.99. The van der Waals surface area contributed by atoms with Crippen LogP contribution in [0.4, 0.5) is 0 Å². The van der Waals surface area contributed by atoms with E-state index in [9.17, 15) is 4.79 Å². The van der Waals surface area contributed by atoms with Gasteiger partial charge in [0.15, 0.2) is 0 Å². The van der Waals surface area contributed by atoms with Crippen molar-refractivity contribution in [3.8, 4) is 11.3 Å². The van der Waals surface area contributed by atoms with E-state index in [-0.39, 0.29) is 0 Å². The lowest BCUT2D eigenvalue weighted by Gasteiger charge is -2.02. The molecule has 0 spiro atoms. The van der Waals surface area contributed by atoms with Gasteiger partial charge in [0.05, 0.1) is 5.69 Å². The van der Waals surface area contributed by atoms with Crippen molar-refractivity contribution in [1.82, 2.24) is 4.98 Å². The molecule has 0 bridgehead atoms. The number of carbonyl (C=O) groups excluding carboxylic acids is 1. The molecule has 0 unspecified atom stereocenters. The molecule has 1 aromatic heterocycles. The van der Waals surface area contributed by atoms with Crippen molar-refractivity contribution in [3.05, 3.63) is 53.7 Å². The highest BCUT2D eigenvalue weighted by atomic mass is 16.1. The first kappa shape index (κ1) is 9.59. The van der Waals surface area contributed by atoms with Gasteiger partial charge < -0.3 is 0 Å². The zero-order valence-electron chi connectivity index (χ0n) is 8.47. The van der Waals surface area contributed by atoms with Gasteiger partial charge in [0.1, 0.15) is 6.29 Å².